The molecule has 1 N–H and O–H groups in total. The van der Waals surface area contributed by atoms with E-state index in [1.165, 1.54) is 25.0 Å². The van der Waals surface area contributed by atoms with Crippen molar-refractivity contribution in [3.05, 3.63) is 24.0 Å². The Bertz CT molecular complexity index is 782. The number of benzene rings is 1. The van der Waals surface area contributed by atoms with Crippen molar-refractivity contribution in [2.24, 2.45) is 0 Å². The molecule has 1 aromatic carbocycles. The van der Waals surface area contributed by atoms with Crippen molar-refractivity contribution in [3.63, 3.8) is 0 Å². The third kappa shape index (κ3) is 4.94. The summed E-state index contributed by atoms with van der Waals surface area (Å²) in [4.78, 5) is 39.9. The third-order valence-electron chi connectivity index (χ3n) is 4.94. The van der Waals surface area contributed by atoms with Crippen LogP contribution in [0.4, 0.5) is 20.6 Å². The quantitative estimate of drug-likeness (QED) is 0.741. The summed E-state index contributed by atoms with van der Waals surface area (Å²) in [5, 5.41) is 2.60. The van der Waals surface area contributed by atoms with Crippen LogP contribution in [0, 0.1) is 5.82 Å². The SMILES string of the molecule is COCC(=O)N1CCN(c2ccc(N3CC(CNC(C)=O)OC3=O)cc2F)CC1. The van der Waals surface area contributed by atoms with Crippen LogP contribution in [0.15, 0.2) is 18.2 Å². The number of carbonyl (C=O) groups is 3. The molecule has 1 unspecified atom stereocenters. The minimum Gasteiger partial charge on any atom is -0.442 e. The van der Waals surface area contributed by atoms with Gasteiger partial charge in [-0.1, -0.05) is 0 Å². The third-order valence-corrected chi connectivity index (χ3v) is 4.94. The molecule has 2 saturated heterocycles. The van der Waals surface area contributed by atoms with E-state index in [1.807, 2.05) is 4.90 Å². The highest BCUT2D eigenvalue weighted by atomic mass is 19.1. The minimum absolute atomic E-state index is 0.0396. The Hall–Kier alpha value is -2.88. The first-order valence-corrected chi connectivity index (χ1v) is 9.43. The van der Waals surface area contributed by atoms with Gasteiger partial charge in [0.25, 0.3) is 0 Å². The number of piperazine rings is 1. The maximum absolute atomic E-state index is 14.8. The lowest BCUT2D eigenvalue weighted by Crippen LogP contribution is -2.50. The molecule has 1 aromatic rings. The average molecular weight is 408 g/mol. The standard InChI is InChI=1S/C19H25FN4O5/c1-13(25)21-10-15-11-24(19(27)29-15)14-3-4-17(16(20)9-14)22-5-7-23(8-6-22)18(26)12-28-2/h3-4,9,15H,5-8,10-12H2,1-2H3,(H,21,25). The predicted molar refractivity (Wildman–Crippen MR) is 103 cm³/mol. The van der Waals surface area contributed by atoms with E-state index < -0.39 is 18.0 Å². The molecule has 2 aliphatic rings. The second kappa shape index (κ2) is 9.08. The molecule has 1 atom stereocenters. The van der Waals surface area contributed by atoms with Crippen molar-refractivity contribution >= 4 is 29.3 Å². The van der Waals surface area contributed by atoms with Crippen LogP contribution in [0.3, 0.4) is 0 Å². The van der Waals surface area contributed by atoms with Crippen molar-refractivity contribution in [2.45, 2.75) is 13.0 Å². The van der Waals surface area contributed by atoms with Gasteiger partial charge in [-0.3, -0.25) is 14.5 Å². The van der Waals surface area contributed by atoms with Gasteiger partial charge in [0.2, 0.25) is 11.8 Å². The van der Waals surface area contributed by atoms with Gasteiger partial charge in [-0.15, -0.1) is 0 Å². The van der Waals surface area contributed by atoms with Crippen LogP contribution in [0.1, 0.15) is 6.92 Å². The number of cyclic esters (lactones) is 1. The number of amides is 3. The molecule has 0 radical (unpaired) electrons. The van der Waals surface area contributed by atoms with E-state index in [2.05, 4.69) is 5.32 Å². The molecular formula is C19H25FN4O5. The second-order valence-electron chi connectivity index (χ2n) is 6.99. The number of rotatable bonds is 6. The monoisotopic (exact) mass is 408 g/mol. The van der Waals surface area contributed by atoms with Gasteiger partial charge in [0.15, 0.2) is 0 Å². The lowest BCUT2D eigenvalue weighted by Gasteiger charge is -2.36. The van der Waals surface area contributed by atoms with Crippen molar-refractivity contribution in [2.75, 3.05) is 62.8 Å². The number of hydrogen-bond donors (Lipinski definition) is 1. The summed E-state index contributed by atoms with van der Waals surface area (Å²) in [7, 11) is 1.48. The van der Waals surface area contributed by atoms with E-state index in [-0.39, 0.29) is 31.5 Å². The van der Waals surface area contributed by atoms with E-state index in [4.69, 9.17) is 9.47 Å². The van der Waals surface area contributed by atoms with Gasteiger partial charge < -0.3 is 24.6 Å². The highest BCUT2D eigenvalue weighted by Gasteiger charge is 2.33. The van der Waals surface area contributed by atoms with Gasteiger partial charge in [0.1, 0.15) is 18.5 Å². The van der Waals surface area contributed by atoms with Gasteiger partial charge in [-0.25, -0.2) is 9.18 Å². The Morgan fingerprint density at radius 2 is 2.00 bits per heavy atom. The molecule has 0 bridgehead atoms. The van der Waals surface area contributed by atoms with E-state index in [0.29, 0.717) is 37.6 Å². The zero-order chi connectivity index (χ0) is 21.0. The van der Waals surface area contributed by atoms with Crippen molar-refractivity contribution in [3.8, 4) is 0 Å². The zero-order valence-electron chi connectivity index (χ0n) is 16.5. The number of hydrogen-bond acceptors (Lipinski definition) is 6. The van der Waals surface area contributed by atoms with Crippen LogP contribution in [-0.4, -0.2) is 81.9 Å². The molecule has 10 heteroatoms. The molecule has 2 aliphatic heterocycles. The van der Waals surface area contributed by atoms with Crippen LogP contribution >= 0.6 is 0 Å². The molecule has 3 amide bonds. The molecule has 0 spiro atoms. The summed E-state index contributed by atoms with van der Waals surface area (Å²) in [6, 6.07) is 4.61. The number of halogens is 1. The first-order chi connectivity index (χ1) is 13.9. The van der Waals surface area contributed by atoms with E-state index in [0.717, 1.165) is 0 Å². The summed E-state index contributed by atoms with van der Waals surface area (Å²) >= 11 is 0. The number of carbonyl (C=O) groups excluding carboxylic acids is 3. The minimum atomic E-state index is -0.572. The van der Waals surface area contributed by atoms with Crippen LogP contribution < -0.4 is 15.1 Å². The van der Waals surface area contributed by atoms with Gasteiger partial charge in [0.05, 0.1) is 24.5 Å². The van der Waals surface area contributed by atoms with Crippen LogP contribution in [0.25, 0.3) is 0 Å². The molecule has 158 valence electrons. The Balaban J connectivity index is 1.62. The zero-order valence-corrected chi connectivity index (χ0v) is 16.5. The second-order valence-corrected chi connectivity index (χ2v) is 6.99. The number of nitrogens with one attached hydrogen (secondary N) is 1. The Morgan fingerprint density at radius 1 is 1.28 bits per heavy atom. The summed E-state index contributed by atoms with van der Waals surface area (Å²) in [6.07, 6.45) is -1.05. The topological polar surface area (TPSA) is 91.4 Å². The van der Waals surface area contributed by atoms with Crippen molar-refractivity contribution in [1.29, 1.82) is 0 Å². The highest BCUT2D eigenvalue weighted by molar-refractivity contribution is 5.90. The molecule has 29 heavy (non-hydrogen) atoms. The van der Waals surface area contributed by atoms with Crippen molar-refractivity contribution < 1.29 is 28.2 Å². The lowest BCUT2D eigenvalue weighted by atomic mass is 10.2. The molecular weight excluding hydrogens is 383 g/mol. The number of ether oxygens (including phenoxy) is 2. The fourth-order valence-electron chi connectivity index (χ4n) is 3.43. The first-order valence-electron chi connectivity index (χ1n) is 9.43. The fourth-order valence-corrected chi connectivity index (χ4v) is 3.43. The van der Waals surface area contributed by atoms with Crippen LogP contribution in [-0.2, 0) is 19.1 Å². The molecule has 0 saturated carbocycles. The summed E-state index contributed by atoms with van der Waals surface area (Å²) < 4.78 is 24.8. The maximum atomic E-state index is 14.8. The molecule has 0 aromatic heterocycles. The van der Waals surface area contributed by atoms with Gasteiger partial charge in [0, 0.05) is 40.2 Å². The van der Waals surface area contributed by atoms with Gasteiger partial charge >= 0.3 is 6.09 Å². The van der Waals surface area contributed by atoms with E-state index in [1.54, 1.807) is 17.0 Å². The first kappa shape index (κ1) is 20.8. The summed E-state index contributed by atoms with van der Waals surface area (Å²) in [6.45, 7) is 3.88. The van der Waals surface area contributed by atoms with E-state index >= 15 is 0 Å². The lowest BCUT2D eigenvalue weighted by molar-refractivity contribution is -0.135. The van der Waals surface area contributed by atoms with Crippen LogP contribution in [0.2, 0.25) is 0 Å². The summed E-state index contributed by atoms with van der Waals surface area (Å²) in [5.41, 5.74) is 0.824. The van der Waals surface area contributed by atoms with Crippen LogP contribution in [0.5, 0.6) is 0 Å². The Kier molecular flexibility index (Phi) is 6.53. The number of nitrogens with zero attached hydrogens (tertiary/aromatic N) is 3. The summed E-state index contributed by atoms with van der Waals surface area (Å²) in [5.74, 6) is -0.736. The number of anilines is 2. The average Bonchev–Trinajstić information content (AvgIpc) is 3.07. The van der Waals surface area contributed by atoms with Gasteiger partial charge in [-0.05, 0) is 18.2 Å². The van der Waals surface area contributed by atoms with Gasteiger partial charge in [-0.2, -0.15) is 0 Å². The van der Waals surface area contributed by atoms with Crippen molar-refractivity contribution in [1.82, 2.24) is 10.2 Å². The normalized spacial score (nSPS) is 19.3. The Labute approximate surface area is 168 Å². The molecule has 9 nitrogen and oxygen atoms in total. The number of methoxy groups -OCH3 is 1. The fraction of sp³-hybridized carbons (Fsp3) is 0.526. The van der Waals surface area contributed by atoms with E-state index in [9.17, 15) is 18.8 Å². The molecule has 0 aliphatic carbocycles. The largest absolute Gasteiger partial charge is 0.442 e. The molecule has 2 fully saturated rings. The highest BCUT2D eigenvalue weighted by Crippen LogP contribution is 2.28. The maximum Gasteiger partial charge on any atom is 0.414 e. The predicted octanol–water partition coefficient (Wildman–Crippen LogP) is 0.582. The molecule has 3 rings (SSSR count). The smallest absolute Gasteiger partial charge is 0.414 e. The molecule has 2 heterocycles. The Morgan fingerprint density at radius 3 is 2.62 bits per heavy atom.